The van der Waals surface area contributed by atoms with E-state index < -0.39 is 15.6 Å². The highest BCUT2D eigenvalue weighted by molar-refractivity contribution is 7.89. The first-order chi connectivity index (χ1) is 12.9. The number of methoxy groups -OCH3 is 2. The minimum Gasteiger partial charge on any atom is -0.493 e. The van der Waals surface area contributed by atoms with E-state index in [0.717, 1.165) is 6.42 Å². The number of ether oxygens (including phenoxy) is 3. The number of hydrogen-bond acceptors (Lipinski definition) is 6. The van der Waals surface area contributed by atoms with Crippen LogP contribution in [0.2, 0.25) is 0 Å². The number of rotatable bonds is 6. The van der Waals surface area contributed by atoms with E-state index in [1.54, 1.807) is 12.1 Å². The molecule has 1 aromatic carbocycles. The molecule has 1 aromatic rings. The second-order valence-electron chi connectivity index (χ2n) is 7.13. The second kappa shape index (κ2) is 7.67. The van der Waals surface area contributed by atoms with Gasteiger partial charge in [0.2, 0.25) is 15.8 Å². The molecule has 0 aromatic heterocycles. The van der Waals surface area contributed by atoms with E-state index in [2.05, 4.69) is 0 Å². The van der Waals surface area contributed by atoms with Crippen molar-refractivity contribution >= 4 is 15.8 Å². The normalized spacial score (nSPS) is 19.4. The number of sulfonamides is 1. The molecule has 0 saturated carbocycles. The summed E-state index contributed by atoms with van der Waals surface area (Å²) in [7, 11) is -0.208. The maximum absolute atomic E-state index is 12.7. The minimum absolute atomic E-state index is 0.0144. The van der Waals surface area contributed by atoms with Crippen molar-refractivity contribution in [2.45, 2.75) is 44.6 Å². The quantitative estimate of drug-likeness (QED) is 0.734. The average Bonchev–Trinajstić information content (AvgIpc) is 2.65. The van der Waals surface area contributed by atoms with E-state index in [9.17, 15) is 13.2 Å². The number of fused-ring (bicyclic) bond motifs is 1. The molecule has 2 aliphatic heterocycles. The van der Waals surface area contributed by atoms with Gasteiger partial charge in [0.05, 0.1) is 32.0 Å². The molecule has 3 rings (SSSR count). The molecule has 0 bridgehead atoms. The van der Waals surface area contributed by atoms with E-state index >= 15 is 0 Å². The molecule has 0 N–H and O–H groups in total. The third-order valence-electron chi connectivity index (χ3n) is 5.38. The average molecular weight is 397 g/mol. The Kier molecular flexibility index (Phi) is 5.67. The van der Waals surface area contributed by atoms with Crippen LogP contribution < -0.4 is 14.2 Å². The molecule has 0 atom stereocenters. The molecule has 0 aliphatic carbocycles. The maximum Gasteiger partial charge on any atom is 0.214 e. The summed E-state index contributed by atoms with van der Waals surface area (Å²) in [4.78, 5) is 12.7. The van der Waals surface area contributed by atoms with Gasteiger partial charge in [-0.05, 0) is 18.6 Å². The van der Waals surface area contributed by atoms with Gasteiger partial charge in [0.1, 0.15) is 5.60 Å². The summed E-state index contributed by atoms with van der Waals surface area (Å²) in [5, 5.41) is 0. The molecule has 1 spiro atoms. The van der Waals surface area contributed by atoms with Gasteiger partial charge in [0, 0.05) is 25.9 Å². The van der Waals surface area contributed by atoms with E-state index in [4.69, 9.17) is 14.2 Å². The molecular weight excluding hydrogens is 370 g/mol. The van der Waals surface area contributed by atoms with Gasteiger partial charge < -0.3 is 14.2 Å². The highest BCUT2D eigenvalue weighted by Crippen LogP contribution is 2.47. The van der Waals surface area contributed by atoms with Crippen molar-refractivity contribution < 1.29 is 27.4 Å². The summed E-state index contributed by atoms with van der Waals surface area (Å²) < 4.78 is 43.4. The molecule has 0 radical (unpaired) electrons. The van der Waals surface area contributed by atoms with Crippen LogP contribution in [0.1, 0.15) is 49.4 Å². The molecular formula is C19H27NO6S. The molecule has 8 heteroatoms. The van der Waals surface area contributed by atoms with Gasteiger partial charge in [-0.3, -0.25) is 4.79 Å². The number of benzene rings is 1. The Morgan fingerprint density at radius 3 is 2.48 bits per heavy atom. The van der Waals surface area contributed by atoms with Crippen molar-refractivity contribution in [3.8, 4) is 17.2 Å². The topological polar surface area (TPSA) is 82.1 Å². The van der Waals surface area contributed by atoms with E-state index in [0.29, 0.717) is 55.2 Å². The Balaban J connectivity index is 1.82. The molecule has 1 saturated heterocycles. The van der Waals surface area contributed by atoms with Crippen LogP contribution >= 0.6 is 0 Å². The minimum atomic E-state index is -3.25. The fraction of sp³-hybridized carbons (Fsp3) is 0.632. The number of nitrogens with zero attached hydrogens (tertiary/aromatic N) is 1. The van der Waals surface area contributed by atoms with Crippen LogP contribution in [0.25, 0.3) is 0 Å². The SMILES string of the molecule is CCCCS(=O)(=O)N1CCC2(CC1)CC(=O)c1ccc(OC)c(OC)c1O2. The van der Waals surface area contributed by atoms with Gasteiger partial charge in [0.25, 0.3) is 0 Å². The Morgan fingerprint density at radius 2 is 1.89 bits per heavy atom. The highest BCUT2D eigenvalue weighted by Gasteiger charge is 2.46. The lowest BCUT2D eigenvalue weighted by atomic mass is 9.83. The number of ketones is 1. The Morgan fingerprint density at radius 1 is 1.19 bits per heavy atom. The summed E-state index contributed by atoms with van der Waals surface area (Å²) in [5.74, 6) is 1.46. The van der Waals surface area contributed by atoms with E-state index in [-0.39, 0.29) is 18.0 Å². The smallest absolute Gasteiger partial charge is 0.214 e. The van der Waals surface area contributed by atoms with E-state index in [1.807, 2.05) is 6.92 Å². The molecule has 2 aliphatic rings. The van der Waals surface area contributed by atoms with Crippen LogP contribution in [0.5, 0.6) is 17.2 Å². The largest absolute Gasteiger partial charge is 0.493 e. The fourth-order valence-electron chi connectivity index (χ4n) is 3.77. The monoisotopic (exact) mass is 397 g/mol. The third-order valence-corrected chi connectivity index (χ3v) is 7.34. The molecule has 27 heavy (non-hydrogen) atoms. The lowest BCUT2D eigenvalue weighted by Crippen LogP contribution is -2.52. The van der Waals surface area contributed by atoms with Crippen LogP contribution in [0.15, 0.2) is 12.1 Å². The predicted octanol–water partition coefficient (Wildman–Crippen LogP) is 2.63. The summed E-state index contributed by atoms with van der Waals surface area (Å²) in [5.41, 5.74) is -0.211. The maximum atomic E-state index is 12.7. The standard InChI is InChI=1S/C19H27NO6S/c1-4-5-12-27(22,23)20-10-8-19(9-11-20)13-15(21)14-6-7-16(24-2)18(25-3)17(14)26-19/h6-7H,4-5,8-13H2,1-3H3. The van der Waals surface area contributed by atoms with Gasteiger partial charge >= 0.3 is 0 Å². The lowest BCUT2D eigenvalue weighted by Gasteiger charge is -2.43. The first-order valence-electron chi connectivity index (χ1n) is 9.31. The van der Waals surface area contributed by atoms with Crippen LogP contribution in [-0.4, -0.2) is 57.2 Å². The van der Waals surface area contributed by atoms with Crippen molar-refractivity contribution in [3.05, 3.63) is 17.7 Å². The van der Waals surface area contributed by atoms with Crippen LogP contribution in [0.3, 0.4) is 0 Å². The number of piperidine rings is 1. The van der Waals surface area contributed by atoms with Crippen LogP contribution in [0.4, 0.5) is 0 Å². The van der Waals surface area contributed by atoms with Crippen molar-refractivity contribution in [1.29, 1.82) is 0 Å². The summed E-state index contributed by atoms with van der Waals surface area (Å²) in [6, 6.07) is 3.38. The third kappa shape index (κ3) is 3.78. The van der Waals surface area contributed by atoms with Crippen molar-refractivity contribution in [1.82, 2.24) is 4.31 Å². The van der Waals surface area contributed by atoms with Crippen LogP contribution in [0, 0.1) is 0 Å². The zero-order valence-electron chi connectivity index (χ0n) is 16.1. The zero-order valence-corrected chi connectivity index (χ0v) is 16.9. The van der Waals surface area contributed by atoms with Gasteiger partial charge in [-0.15, -0.1) is 0 Å². The van der Waals surface area contributed by atoms with Gasteiger partial charge in [-0.2, -0.15) is 0 Å². The first kappa shape index (κ1) is 19.9. The lowest BCUT2D eigenvalue weighted by molar-refractivity contribution is 0.00377. The molecule has 1 fully saturated rings. The summed E-state index contributed by atoms with van der Waals surface area (Å²) >= 11 is 0. The molecule has 2 heterocycles. The molecule has 7 nitrogen and oxygen atoms in total. The van der Waals surface area contributed by atoms with Crippen molar-refractivity contribution in [2.75, 3.05) is 33.1 Å². The van der Waals surface area contributed by atoms with Gasteiger partial charge in [-0.25, -0.2) is 12.7 Å². The number of unbranched alkanes of at least 4 members (excludes halogenated alkanes) is 1. The number of Topliss-reactive ketones (excluding diaryl/α,β-unsaturated/α-hetero) is 1. The first-order valence-corrected chi connectivity index (χ1v) is 10.9. The van der Waals surface area contributed by atoms with Crippen LogP contribution in [-0.2, 0) is 10.0 Å². The fourth-order valence-corrected chi connectivity index (χ4v) is 5.42. The predicted molar refractivity (Wildman–Crippen MR) is 101 cm³/mol. The summed E-state index contributed by atoms with van der Waals surface area (Å²) in [6.07, 6.45) is 2.70. The van der Waals surface area contributed by atoms with Gasteiger partial charge in [-0.1, -0.05) is 13.3 Å². The van der Waals surface area contributed by atoms with Gasteiger partial charge in [0.15, 0.2) is 17.3 Å². The Bertz CT molecular complexity index is 812. The Labute approximate surface area is 160 Å². The van der Waals surface area contributed by atoms with Crippen molar-refractivity contribution in [3.63, 3.8) is 0 Å². The number of carbonyl (C=O) groups is 1. The summed E-state index contributed by atoms with van der Waals surface area (Å²) in [6.45, 7) is 2.70. The number of hydrogen-bond donors (Lipinski definition) is 0. The van der Waals surface area contributed by atoms with Crippen molar-refractivity contribution in [2.24, 2.45) is 0 Å². The zero-order chi connectivity index (χ0) is 19.7. The number of carbonyl (C=O) groups excluding carboxylic acids is 1. The molecule has 0 unspecified atom stereocenters. The highest BCUT2D eigenvalue weighted by atomic mass is 32.2. The van der Waals surface area contributed by atoms with E-state index in [1.165, 1.54) is 18.5 Å². The second-order valence-corrected chi connectivity index (χ2v) is 9.22. The Hall–Kier alpha value is -1.80. The molecule has 0 amide bonds. The molecule has 150 valence electrons.